The molecule has 5 heteroatoms. The Hall–Kier alpha value is -0.780. The molecule has 0 radical (unpaired) electrons. The van der Waals surface area contributed by atoms with Crippen molar-refractivity contribution in [1.29, 1.82) is 0 Å². The van der Waals surface area contributed by atoms with E-state index in [1.807, 2.05) is 6.07 Å². The summed E-state index contributed by atoms with van der Waals surface area (Å²) in [4.78, 5) is 0. The van der Waals surface area contributed by atoms with Gasteiger partial charge in [0.25, 0.3) is 0 Å². The Labute approximate surface area is 121 Å². The molecule has 2 aliphatic heterocycles. The largest absolute Gasteiger partial charge is 0.486 e. The lowest BCUT2D eigenvalue weighted by Gasteiger charge is -2.38. The SMILES string of the molecule is CC1(CNCc2cc(Br)c3c(c2)OCCO3)COC1. The van der Waals surface area contributed by atoms with Gasteiger partial charge in [-0.25, -0.2) is 0 Å². The maximum absolute atomic E-state index is 5.62. The first-order chi connectivity index (χ1) is 9.16. The van der Waals surface area contributed by atoms with Crippen LogP contribution in [0.3, 0.4) is 0 Å². The van der Waals surface area contributed by atoms with Gasteiger partial charge in [0, 0.05) is 18.5 Å². The fourth-order valence-electron chi connectivity index (χ4n) is 2.33. The molecule has 4 nitrogen and oxygen atoms in total. The molecule has 19 heavy (non-hydrogen) atoms. The van der Waals surface area contributed by atoms with Crippen LogP contribution >= 0.6 is 15.9 Å². The van der Waals surface area contributed by atoms with Crippen LogP contribution in [0.25, 0.3) is 0 Å². The van der Waals surface area contributed by atoms with Crippen LogP contribution in [0, 0.1) is 5.41 Å². The molecule has 0 aliphatic carbocycles. The molecule has 2 heterocycles. The molecule has 0 unspecified atom stereocenters. The molecule has 0 bridgehead atoms. The van der Waals surface area contributed by atoms with Crippen LogP contribution in [-0.4, -0.2) is 33.0 Å². The van der Waals surface area contributed by atoms with Gasteiger partial charge in [0.2, 0.25) is 0 Å². The van der Waals surface area contributed by atoms with Crippen molar-refractivity contribution in [1.82, 2.24) is 5.32 Å². The zero-order chi connectivity index (χ0) is 13.3. The smallest absolute Gasteiger partial charge is 0.175 e. The molecule has 3 rings (SSSR count). The van der Waals surface area contributed by atoms with E-state index >= 15 is 0 Å². The highest BCUT2D eigenvalue weighted by molar-refractivity contribution is 9.10. The summed E-state index contributed by atoms with van der Waals surface area (Å²) in [7, 11) is 0. The lowest BCUT2D eigenvalue weighted by molar-refractivity contribution is -0.0991. The second-order valence-corrected chi connectivity index (χ2v) is 6.36. The van der Waals surface area contributed by atoms with Crippen LogP contribution in [0.15, 0.2) is 16.6 Å². The summed E-state index contributed by atoms with van der Waals surface area (Å²) in [5.41, 5.74) is 1.49. The predicted molar refractivity (Wildman–Crippen MR) is 75.8 cm³/mol. The molecule has 2 aliphatic rings. The minimum Gasteiger partial charge on any atom is -0.486 e. The average molecular weight is 328 g/mol. The highest BCUT2D eigenvalue weighted by atomic mass is 79.9. The Bertz CT molecular complexity index is 474. The van der Waals surface area contributed by atoms with Crippen LogP contribution in [-0.2, 0) is 11.3 Å². The van der Waals surface area contributed by atoms with Crippen LogP contribution in [0.2, 0.25) is 0 Å². The summed E-state index contributed by atoms with van der Waals surface area (Å²) < 4.78 is 17.4. The summed E-state index contributed by atoms with van der Waals surface area (Å²) in [5.74, 6) is 1.64. The second-order valence-electron chi connectivity index (χ2n) is 5.51. The van der Waals surface area contributed by atoms with E-state index in [2.05, 4.69) is 34.2 Å². The maximum atomic E-state index is 5.62. The van der Waals surface area contributed by atoms with Crippen molar-refractivity contribution in [2.75, 3.05) is 33.0 Å². The van der Waals surface area contributed by atoms with Crippen molar-refractivity contribution in [3.05, 3.63) is 22.2 Å². The minimum atomic E-state index is 0.297. The molecule has 0 amide bonds. The quantitative estimate of drug-likeness (QED) is 0.921. The van der Waals surface area contributed by atoms with E-state index in [4.69, 9.17) is 14.2 Å². The first-order valence-corrected chi connectivity index (χ1v) is 7.32. The van der Waals surface area contributed by atoms with Crippen molar-refractivity contribution < 1.29 is 14.2 Å². The van der Waals surface area contributed by atoms with Gasteiger partial charge in [0.05, 0.1) is 17.7 Å². The minimum absolute atomic E-state index is 0.297. The Morgan fingerprint density at radius 1 is 1.26 bits per heavy atom. The van der Waals surface area contributed by atoms with Crippen LogP contribution in [0.4, 0.5) is 0 Å². The van der Waals surface area contributed by atoms with Crippen LogP contribution in [0.5, 0.6) is 11.5 Å². The first kappa shape index (κ1) is 13.2. The topological polar surface area (TPSA) is 39.7 Å². The average Bonchev–Trinajstić information content (AvgIpc) is 2.37. The summed E-state index contributed by atoms with van der Waals surface area (Å²) in [6, 6.07) is 4.13. The third-order valence-electron chi connectivity index (χ3n) is 3.44. The number of fused-ring (bicyclic) bond motifs is 1. The molecule has 1 fully saturated rings. The summed E-state index contributed by atoms with van der Waals surface area (Å²) >= 11 is 3.54. The fraction of sp³-hybridized carbons (Fsp3) is 0.571. The standard InChI is InChI=1S/C14H18BrNO3/c1-14(8-17-9-14)7-16-6-10-4-11(15)13-12(5-10)18-2-3-19-13/h4-5,16H,2-3,6-9H2,1H3. The molecule has 104 valence electrons. The molecule has 1 saturated heterocycles. The van der Waals surface area contributed by atoms with E-state index in [9.17, 15) is 0 Å². The third-order valence-corrected chi connectivity index (χ3v) is 4.03. The van der Waals surface area contributed by atoms with E-state index in [1.54, 1.807) is 0 Å². The summed E-state index contributed by atoms with van der Waals surface area (Å²) in [5, 5.41) is 3.48. The zero-order valence-corrected chi connectivity index (χ0v) is 12.6. The molecule has 1 N–H and O–H groups in total. The van der Waals surface area contributed by atoms with Crippen LogP contribution in [0.1, 0.15) is 12.5 Å². The van der Waals surface area contributed by atoms with Crippen LogP contribution < -0.4 is 14.8 Å². The molecule has 0 aromatic heterocycles. The summed E-state index contributed by atoms with van der Waals surface area (Å²) in [6.45, 7) is 6.97. The number of halogens is 1. The van der Waals surface area contributed by atoms with Crippen molar-refractivity contribution in [2.45, 2.75) is 13.5 Å². The van der Waals surface area contributed by atoms with Gasteiger partial charge in [-0.3, -0.25) is 0 Å². The molecule has 1 aromatic rings. The highest BCUT2D eigenvalue weighted by Crippen LogP contribution is 2.38. The van der Waals surface area contributed by atoms with Crippen molar-refractivity contribution in [2.24, 2.45) is 5.41 Å². The Morgan fingerprint density at radius 3 is 2.79 bits per heavy atom. The monoisotopic (exact) mass is 327 g/mol. The van der Waals surface area contributed by atoms with E-state index in [0.29, 0.717) is 18.6 Å². The number of rotatable bonds is 4. The van der Waals surface area contributed by atoms with Gasteiger partial charge in [-0.1, -0.05) is 6.92 Å². The van der Waals surface area contributed by atoms with E-state index in [-0.39, 0.29) is 0 Å². The van der Waals surface area contributed by atoms with E-state index in [1.165, 1.54) is 5.56 Å². The molecule has 0 saturated carbocycles. The van der Waals surface area contributed by atoms with Gasteiger partial charge in [0.1, 0.15) is 13.2 Å². The molecular weight excluding hydrogens is 310 g/mol. The predicted octanol–water partition coefficient (Wildman–Crippen LogP) is 2.35. The van der Waals surface area contributed by atoms with E-state index in [0.717, 1.165) is 42.3 Å². The maximum Gasteiger partial charge on any atom is 0.175 e. The normalized spacial score (nSPS) is 19.9. The molecular formula is C14H18BrNO3. The number of nitrogens with one attached hydrogen (secondary N) is 1. The van der Waals surface area contributed by atoms with Crippen molar-refractivity contribution in [3.8, 4) is 11.5 Å². The second kappa shape index (κ2) is 5.31. The Morgan fingerprint density at radius 2 is 2.05 bits per heavy atom. The van der Waals surface area contributed by atoms with Crippen molar-refractivity contribution in [3.63, 3.8) is 0 Å². The Kier molecular flexibility index (Phi) is 3.69. The zero-order valence-electron chi connectivity index (χ0n) is 11.0. The van der Waals surface area contributed by atoms with Gasteiger partial charge in [-0.2, -0.15) is 0 Å². The summed E-state index contributed by atoms with van der Waals surface area (Å²) in [6.07, 6.45) is 0. The Balaban J connectivity index is 1.63. The number of hydrogen-bond donors (Lipinski definition) is 1. The molecule has 0 atom stereocenters. The van der Waals surface area contributed by atoms with Gasteiger partial charge in [0.15, 0.2) is 11.5 Å². The van der Waals surface area contributed by atoms with E-state index < -0.39 is 0 Å². The number of ether oxygens (including phenoxy) is 3. The highest BCUT2D eigenvalue weighted by Gasteiger charge is 2.32. The lowest BCUT2D eigenvalue weighted by Crippen LogP contribution is -2.47. The number of benzene rings is 1. The van der Waals surface area contributed by atoms with Gasteiger partial charge in [-0.15, -0.1) is 0 Å². The fourth-order valence-corrected chi connectivity index (χ4v) is 2.93. The lowest BCUT2D eigenvalue weighted by atomic mass is 9.89. The van der Waals surface area contributed by atoms with Gasteiger partial charge < -0.3 is 19.5 Å². The van der Waals surface area contributed by atoms with Gasteiger partial charge >= 0.3 is 0 Å². The van der Waals surface area contributed by atoms with Gasteiger partial charge in [-0.05, 0) is 33.6 Å². The molecule has 1 aromatic carbocycles. The molecule has 0 spiro atoms. The number of hydrogen-bond acceptors (Lipinski definition) is 4. The van der Waals surface area contributed by atoms with Crippen molar-refractivity contribution >= 4 is 15.9 Å². The first-order valence-electron chi connectivity index (χ1n) is 6.53. The third kappa shape index (κ3) is 2.88.